The zero-order valence-electron chi connectivity index (χ0n) is 18.3. The molecule has 3 aliphatic rings. The van der Waals surface area contributed by atoms with Crippen LogP contribution in [0.25, 0.3) is 0 Å². The van der Waals surface area contributed by atoms with Crippen molar-refractivity contribution in [2.45, 2.75) is 102 Å². The molecular weight excluding hydrogens is 415 g/mol. The fraction of sp³-hybridized carbons (Fsp3) is 0.680. The van der Waals surface area contributed by atoms with E-state index in [0.29, 0.717) is 5.56 Å². The molecule has 170 valence electrons. The second-order valence-electron chi connectivity index (χ2n) is 9.48. The molecule has 1 aromatic carbocycles. The summed E-state index contributed by atoms with van der Waals surface area (Å²) in [5.41, 5.74) is 0.557. The molecule has 0 bridgehead atoms. The molecule has 4 rings (SSSR count). The van der Waals surface area contributed by atoms with Gasteiger partial charge in [0.25, 0.3) is 5.91 Å². The first-order valence-corrected chi connectivity index (χ1v) is 12.5. The molecule has 3 fully saturated rings. The van der Waals surface area contributed by atoms with Crippen molar-refractivity contribution in [3.8, 4) is 0 Å². The number of amides is 2. The molecule has 0 aromatic heterocycles. The van der Waals surface area contributed by atoms with Crippen LogP contribution in [0.4, 0.5) is 4.39 Å². The summed E-state index contributed by atoms with van der Waals surface area (Å²) in [6.07, 6.45) is 14.0. The molecule has 2 aliphatic carbocycles. The van der Waals surface area contributed by atoms with Gasteiger partial charge in [0.05, 0.1) is 0 Å². The van der Waals surface area contributed by atoms with Crippen molar-refractivity contribution in [2.75, 3.05) is 6.54 Å². The van der Waals surface area contributed by atoms with E-state index in [1.807, 2.05) is 9.80 Å². The molecule has 0 N–H and O–H groups in total. The van der Waals surface area contributed by atoms with Crippen LogP contribution in [-0.4, -0.2) is 40.2 Å². The molecule has 2 saturated carbocycles. The van der Waals surface area contributed by atoms with E-state index in [9.17, 15) is 14.0 Å². The van der Waals surface area contributed by atoms with Crippen LogP contribution >= 0.6 is 11.6 Å². The maximum atomic E-state index is 13.9. The SMILES string of the molecule is O=C1[C@H](c2ccc(F)cc2Cl)N(C2CCCCCCC2)C(=O)CN1C1CCCCCC1. The van der Waals surface area contributed by atoms with E-state index in [2.05, 4.69) is 0 Å². The second-order valence-corrected chi connectivity index (χ2v) is 9.89. The Morgan fingerprint density at radius 3 is 1.94 bits per heavy atom. The molecule has 6 heteroatoms. The highest BCUT2D eigenvalue weighted by Gasteiger charge is 2.45. The minimum absolute atomic E-state index is 0.0137. The summed E-state index contributed by atoms with van der Waals surface area (Å²) in [6.45, 7) is 0.162. The lowest BCUT2D eigenvalue weighted by Crippen LogP contribution is -2.60. The first-order valence-electron chi connectivity index (χ1n) is 12.1. The average molecular weight is 449 g/mol. The van der Waals surface area contributed by atoms with Crippen molar-refractivity contribution in [3.63, 3.8) is 0 Å². The van der Waals surface area contributed by atoms with Crippen molar-refractivity contribution in [3.05, 3.63) is 34.6 Å². The van der Waals surface area contributed by atoms with E-state index in [1.54, 1.807) is 6.07 Å². The van der Waals surface area contributed by atoms with Crippen molar-refractivity contribution in [2.24, 2.45) is 0 Å². The Labute approximate surface area is 190 Å². The molecule has 1 heterocycles. The highest BCUT2D eigenvalue weighted by atomic mass is 35.5. The van der Waals surface area contributed by atoms with Gasteiger partial charge in [0, 0.05) is 22.7 Å². The normalized spacial score (nSPS) is 25.3. The maximum absolute atomic E-state index is 13.9. The third kappa shape index (κ3) is 5.08. The third-order valence-corrected chi connectivity index (χ3v) is 7.71. The first kappa shape index (κ1) is 22.6. The van der Waals surface area contributed by atoms with Crippen LogP contribution in [0.2, 0.25) is 5.02 Å². The topological polar surface area (TPSA) is 40.6 Å². The zero-order chi connectivity index (χ0) is 21.8. The van der Waals surface area contributed by atoms with Gasteiger partial charge < -0.3 is 9.80 Å². The van der Waals surface area contributed by atoms with Crippen molar-refractivity contribution in [1.29, 1.82) is 0 Å². The summed E-state index contributed by atoms with van der Waals surface area (Å²) in [4.78, 5) is 31.1. The van der Waals surface area contributed by atoms with E-state index in [0.717, 1.165) is 51.4 Å². The highest BCUT2D eigenvalue weighted by Crippen LogP contribution is 2.38. The van der Waals surface area contributed by atoms with E-state index in [1.165, 1.54) is 44.2 Å². The molecule has 1 saturated heterocycles. The molecule has 2 amide bonds. The maximum Gasteiger partial charge on any atom is 0.250 e. The summed E-state index contributed by atoms with van der Waals surface area (Å²) in [7, 11) is 0. The van der Waals surface area contributed by atoms with Crippen LogP contribution in [0.5, 0.6) is 0 Å². The monoisotopic (exact) mass is 448 g/mol. The fourth-order valence-corrected chi connectivity index (χ4v) is 6.01. The minimum atomic E-state index is -0.748. The van der Waals surface area contributed by atoms with Gasteiger partial charge in [0.1, 0.15) is 18.4 Å². The summed E-state index contributed by atoms with van der Waals surface area (Å²) in [5, 5.41) is 0.227. The fourth-order valence-electron chi connectivity index (χ4n) is 5.74. The van der Waals surface area contributed by atoms with Gasteiger partial charge in [-0.3, -0.25) is 9.59 Å². The van der Waals surface area contributed by atoms with Gasteiger partial charge in [-0.15, -0.1) is 0 Å². The number of hydrogen-bond donors (Lipinski definition) is 0. The highest BCUT2D eigenvalue weighted by molar-refractivity contribution is 6.31. The number of hydrogen-bond acceptors (Lipinski definition) is 2. The van der Waals surface area contributed by atoms with Gasteiger partial charge in [-0.1, -0.05) is 75.5 Å². The molecule has 0 radical (unpaired) electrons. The Morgan fingerprint density at radius 2 is 1.35 bits per heavy atom. The van der Waals surface area contributed by atoms with Gasteiger partial charge in [-0.05, 0) is 37.8 Å². The van der Waals surface area contributed by atoms with Crippen LogP contribution in [0.1, 0.15) is 95.1 Å². The Hall–Kier alpha value is -1.62. The Morgan fingerprint density at radius 1 is 0.806 bits per heavy atom. The quantitative estimate of drug-likeness (QED) is 0.530. The summed E-state index contributed by atoms with van der Waals surface area (Å²) in [5.74, 6) is -0.455. The number of halogens is 2. The number of carbonyl (C=O) groups is 2. The molecule has 31 heavy (non-hydrogen) atoms. The lowest BCUT2D eigenvalue weighted by atomic mass is 9.90. The summed E-state index contributed by atoms with van der Waals surface area (Å²) >= 11 is 6.45. The molecule has 0 unspecified atom stereocenters. The number of nitrogens with zero attached hydrogens (tertiary/aromatic N) is 2. The van der Waals surface area contributed by atoms with Gasteiger partial charge in [0.2, 0.25) is 5.91 Å². The molecule has 1 aliphatic heterocycles. The average Bonchev–Trinajstić information content (AvgIpc) is 3.00. The van der Waals surface area contributed by atoms with E-state index < -0.39 is 11.9 Å². The van der Waals surface area contributed by atoms with Gasteiger partial charge in [0.15, 0.2) is 0 Å². The largest absolute Gasteiger partial charge is 0.328 e. The van der Waals surface area contributed by atoms with E-state index in [4.69, 9.17) is 11.6 Å². The predicted octanol–water partition coefficient (Wildman–Crippen LogP) is 6.03. The van der Waals surface area contributed by atoms with Crippen LogP contribution in [0.3, 0.4) is 0 Å². The Kier molecular flexibility index (Phi) is 7.52. The summed E-state index contributed by atoms with van der Waals surface area (Å²) in [6, 6.07) is 3.61. The van der Waals surface area contributed by atoms with Crippen LogP contribution in [-0.2, 0) is 9.59 Å². The standard InChI is InChI=1S/C25H34ClFN2O2/c26-22-16-18(27)14-15-21(22)24-25(31)28(19-10-6-4-5-7-11-19)17-23(30)29(24)20-12-8-2-1-3-9-13-20/h14-16,19-20,24H,1-13,17H2/t24-/m0/s1. The van der Waals surface area contributed by atoms with Gasteiger partial charge >= 0.3 is 0 Å². The van der Waals surface area contributed by atoms with E-state index in [-0.39, 0.29) is 35.5 Å². The van der Waals surface area contributed by atoms with Gasteiger partial charge in [-0.25, -0.2) is 4.39 Å². The van der Waals surface area contributed by atoms with Crippen molar-refractivity contribution < 1.29 is 14.0 Å². The van der Waals surface area contributed by atoms with Crippen molar-refractivity contribution in [1.82, 2.24) is 9.80 Å². The van der Waals surface area contributed by atoms with Crippen LogP contribution in [0, 0.1) is 5.82 Å². The first-order chi connectivity index (χ1) is 15.1. The second kappa shape index (κ2) is 10.3. The zero-order valence-corrected chi connectivity index (χ0v) is 19.1. The summed E-state index contributed by atoms with van der Waals surface area (Å²) < 4.78 is 13.8. The van der Waals surface area contributed by atoms with Crippen LogP contribution < -0.4 is 0 Å². The molecular formula is C25H34ClFN2O2. The van der Waals surface area contributed by atoms with Crippen LogP contribution in [0.15, 0.2) is 18.2 Å². The molecule has 1 aromatic rings. The predicted molar refractivity (Wildman–Crippen MR) is 120 cm³/mol. The number of rotatable bonds is 3. The number of benzene rings is 1. The Balaban J connectivity index is 1.69. The number of piperazine rings is 1. The van der Waals surface area contributed by atoms with Crippen molar-refractivity contribution >= 4 is 23.4 Å². The lowest BCUT2D eigenvalue weighted by Gasteiger charge is -2.47. The Bertz CT molecular complexity index is 786. The molecule has 0 spiro atoms. The minimum Gasteiger partial charge on any atom is -0.328 e. The lowest BCUT2D eigenvalue weighted by molar-refractivity contribution is -0.162. The van der Waals surface area contributed by atoms with Gasteiger partial charge in [-0.2, -0.15) is 0 Å². The molecule has 4 nitrogen and oxygen atoms in total. The van der Waals surface area contributed by atoms with E-state index >= 15 is 0 Å². The number of carbonyl (C=O) groups excluding carboxylic acids is 2. The molecule has 1 atom stereocenters. The smallest absolute Gasteiger partial charge is 0.250 e. The third-order valence-electron chi connectivity index (χ3n) is 7.38.